The Labute approximate surface area is 168 Å². The second-order valence-corrected chi connectivity index (χ2v) is 7.42. The molecule has 29 heavy (non-hydrogen) atoms. The van der Waals surface area contributed by atoms with Crippen LogP contribution in [-0.4, -0.2) is 59.9 Å². The number of carbonyl (C=O) groups is 2. The Hall–Kier alpha value is -2.71. The Morgan fingerprint density at radius 1 is 1.07 bits per heavy atom. The Morgan fingerprint density at radius 3 is 2.55 bits per heavy atom. The van der Waals surface area contributed by atoms with Crippen molar-refractivity contribution in [2.75, 3.05) is 32.8 Å². The van der Waals surface area contributed by atoms with E-state index in [1.54, 1.807) is 23.2 Å². The lowest BCUT2D eigenvalue weighted by Crippen LogP contribution is -2.47. The van der Waals surface area contributed by atoms with Crippen molar-refractivity contribution >= 4 is 22.6 Å². The average Bonchev–Trinajstić information content (AvgIpc) is 3.18. The van der Waals surface area contributed by atoms with E-state index in [4.69, 9.17) is 9.47 Å². The molecule has 1 aromatic carbocycles. The van der Waals surface area contributed by atoms with Gasteiger partial charge in [0.05, 0.1) is 13.2 Å². The lowest BCUT2D eigenvalue weighted by atomic mass is 10.0. The molecule has 2 aliphatic heterocycles. The summed E-state index contributed by atoms with van der Waals surface area (Å²) in [5.41, 5.74) is -0.201. The van der Waals surface area contributed by atoms with Crippen LogP contribution in [-0.2, 0) is 25.6 Å². The van der Waals surface area contributed by atoms with Crippen molar-refractivity contribution in [1.82, 2.24) is 14.8 Å². The molecule has 0 saturated carbocycles. The third-order valence-electron chi connectivity index (χ3n) is 5.55. The van der Waals surface area contributed by atoms with Crippen molar-refractivity contribution in [3.05, 3.63) is 46.9 Å². The van der Waals surface area contributed by atoms with E-state index >= 15 is 0 Å². The van der Waals surface area contributed by atoms with Crippen LogP contribution >= 0.6 is 0 Å². The molecule has 4 rings (SSSR count). The molecule has 0 aliphatic carbocycles. The van der Waals surface area contributed by atoms with Gasteiger partial charge in [0.1, 0.15) is 6.54 Å². The highest BCUT2D eigenvalue weighted by Crippen LogP contribution is 2.31. The van der Waals surface area contributed by atoms with Crippen molar-refractivity contribution in [2.24, 2.45) is 0 Å². The van der Waals surface area contributed by atoms with Crippen molar-refractivity contribution in [3.8, 4) is 0 Å². The van der Waals surface area contributed by atoms with Crippen LogP contribution in [0.1, 0.15) is 19.3 Å². The smallest absolute Gasteiger partial charge is 0.258 e. The number of hydrogen-bond donors (Lipinski definition) is 1. The summed E-state index contributed by atoms with van der Waals surface area (Å²) in [6.45, 7) is 2.59. The number of hydrogen-bond acceptors (Lipinski definition) is 5. The maximum Gasteiger partial charge on any atom is 0.258 e. The third-order valence-corrected chi connectivity index (χ3v) is 5.55. The summed E-state index contributed by atoms with van der Waals surface area (Å²) >= 11 is 0. The highest BCUT2D eigenvalue weighted by atomic mass is 16.7. The first-order valence-corrected chi connectivity index (χ1v) is 9.97. The standard InChI is InChI=1S/C21H25N3O5/c25-18(15-24-10-6-16-3-1-2-4-17(16)20(24)27)22-9-5-19(26)23-11-7-21(8-12-23)28-13-14-29-21/h1-4,6,10H,5,7-9,11-15H2,(H,22,25). The van der Waals surface area contributed by atoms with Gasteiger partial charge in [0, 0.05) is 50.5 Å². The summed E-state index contributed by atoms with van der Waals surface area (Å²) in [4.78, 5) is 38.8. The van der Waals surface area contributed by atoms with Gasteiger partial charge in [-0.2, -0.15) is 0 Å². The predicted molar refractivity (Wildman–Crippen MR) is 106 cm³/mol. The summed E-state index contributed by atoms with van der Waals surface area (Å²) in [7, 11) is 0. The number of nitrogens with one attached hydrogen (secondary N) is 1. The van der Waals surface area contributed by atoms with Gasteiger partial charge in [-0.25, -0.2) is 0 Å². The fourth-order valence-electron chi connectivity index (χ4n) is 3.91. The van der Waals surface area contributed by atoms with Crippen LogP contribution in [0.5, 0.6) is 0 Å². The number of fused-ring (bicyclic) bond motifs is 1. The van der Waals surface area contributed by atoms with E-state index in [0.717, 1.165) is 5.39 Å². The second kappa shape index (κ2) is 8.34. The minimum Gasteiger partial charge on any atom is -0.354 e. The van der Waals surface area contributed by atoms with Gasteiger partial charge in [-0.15, -0.1) is 0 Å². The molecule has 1 spiro atoms. The molecule has 0 atom stereocenters. The van der Waals surface area contributed by atoms with Gasteiger partial charge in [0.2, 0.25) is 11.8 Å². The van der Waals surface area contributed by atoms with Gasteiger partial charge in [0.25, 0.3) is 5.56 Å². The molecule has 1 aromatic heterocycles. The summed E-state index contributed by atoms with van der Waals surface area (Å²) in [6, 6.07) is 9.09. The molecule has 154 valence electrons. The summed E-state index contributed by atoms with van der Waals surface area (Å²) < 4.78 is 12.7. The Bertz CT molecular complexity index is 954. The van der Waals surface area contributed by atoms with Crippen LogP contribution < -0.4 is 10.9 Å². The SMILES string of the molecule is O=C(Cn1ccc2ccccc2c1=O)NCCC(=O)N1CCC2(CC1)OCCO2. The number of rotatable bonds is 5. The number of pyridine rings is 1. The molecule has 3 heterocycles. The Kier molecular flexibility index (Phi) is 5.64. The molecule has 0 unspecified atom stereocenters. The van der Waals surface area contributed by atoms with E-state index in [0.29, 0.717) is 44.5 Å². The normalized spacial score (nSPS) is 18.3. The van der Waals surface area contributed by atoms with E-state index < -0.39 is 5.79 Å². The lowest BCUT2D eigenvalue weighted by molar-refractivity contribution is -0.187. The Balaban J connectivity index is 1.24. The second-order valence-electron chi connectivity index (χ2n) is 7.42. The lowest BCUT2D eigenvalue weighted by Gasteiger charge is -2.37. The maximum absolute atomic E-state index is 12.5. The fraction of sp³-hybridized carbons (Fsp3) is 0.476. The molecule has 2 saturated heterocycles. The average molecular weight is 399 g/mol. The zero-order valence-corrected chi connectivity index (χ0v) is 16.3. The summed E-state index contributed by atoms with van der Waals surface area (Å²) in [5.74, 6) is -0.792. The Morgan fingerprint density at radius 2 is 1.79 bits per heavy atom. The molecule has 2 aromatic rings. The predicted octanol–water partition coefficient (Wildman–Crippen LogP) is 0.873. The van der Waals surface area contributed by atoms with Crippen molar-refractivity contribution in [2.45, 2.75) is 31.6 Å². The number of piperidine rings is 1. The molecule has 1 N–H and O–H groups in total. The monoisotopic (exact) mass is 399 g/mol. The van der Waals surface area contributed by atoms with Crippen LogP contribution in [0.25, 0.3) is 10.8 Å². The van der Waals surface area contributed by atoms with E-state index in [9.17, 15) is 14.4 Å². The van der Waals surface area contributed by atoms with Crippen LogP contribution in [0.2, 0.25) is 0 Å². The van der Waals surface area contributed by atoms with Gasteiger partial charge in [-0.3, -0.25) is 14.4 Å². The van der Waals surface area contributed by atoms with Gasteiger partial charge < -0.3 is 24.3 Å². The molecule has 8 heteroatoms. The quantitative estimate of drug-likeness (QED) is 0.806. The van der Waals surface area contributed by atoms with Crippen molar-refractivity contribution in [1.29, 1.82) is 0 Å². The number of carbonyl (C=O) groups excluding carboxylic acids is 2. The number of ether oxygens (including phenoxy) is 2. The number of benzene rings is 1. The van der Waals surface area contributed by atoms with E-state index in [2.05, 4.69) is 5.32 Å². The van der Waals surface area contributed by atoms with E-state index in [1.165, 1.54) is 4.57 Å². The zero-order valence-electron chi connectivity index (χ0n) is 16.3. The van der Waals surface area contributed by atoms with Gasteiger partial charge in [-0.1, -0.05) is 18.2 Å². The van der Waals surface area contributed by atoms with Crippen LogP contribution in [0.4, 0.5) is 0 Å². The van der Waals surface area contributed by atoms with Crippen LogP contribution in [0.15, 0.2) is 41.3 Å². The fourth-order valence-corrected chi connectivity index (χ4v) is 3.91. The first kappa shape index (κ1) is 19.6. The number of amides is 2. The number of aromatic nitrogens is 1. The van der Waals surface area contributed by atoms with Gasteiger partial charge in [0.15, 0.2) is 5.79 Å². The molecule has 0 radical (unpaired) electrons. The molecule has 8 nitrogen and oxygen atoms in total. The van der Waals surface area contributed by atoms with Crippen molar-refractivity contribution in [3.63, 3.8) is 0 Å². The highest BCUT2D eigenvalue weighted by molar-refractivity contribution is 5.82. The van der Waals surface area contributed by atoms with Crippen LogP contribution in [0.3, 0.4) is 0 Å². The largest absolute Gasteiger partial charge is 0.354 e. The summed E-state index contributed by atoms with van der Waals surface area (Å²) in [5, 5.41) is 4.15. The zero-order chi connectivity index (χ0) is 20.3. The molecular weight excluding hydrogens is 374 g/mol. The number of likely N-dealkylation sites (tertiary alicyclic amines) is 1. The molecule has 2 fully saturated rings. The summed E-state index contributed by atoms with van der Waals surface area (Å²) in [6.07, 6.45) is 3.20. The van der Waals surface area contributed by atoms with Gasteiger partial charge >= 0.3 is 0 Å². The molecule has 0 bridgehead atoms. The minimum absolute atomic E-state index is 0.000944. The minimum atomic E-state index is -0.502. The van der Waals surface area contributed by atoms with Gasteiger partial charge in [-0.05, 0) is 17.5 Å². The molecule has 2 aliphatic rings. The maximum atomic E-state index is 12.5. The molecule has 2 amide bonds. The van der Waals surface area contributed by atoms with Crippen molar-refractivity contribution < 1.29 is 19.1 Å². The topological polar surface area (TPSA) is 89.9 Å². The van der Waals surface area contributed by atoms with E-state index in [-0.39, 0.29) is 36.9 Å². The highest BCUT2D eigenvalue weighted by Gasteiger charge is 2.40. The first-order valence-electron chi connectivity index (χ1n) is 9.97. The number of nitrogens with zero attached hydrogens (tertiary/aromatic N) is 2. The first-order chi connectivity index (χ1) is 14.1. The third kappa shape index (κ3) is 4.33. The van der Waals surface area contributed by atoms with E-state index in [1.807, 2.05) is 18.2 Å². The van der Waals surface area contributed by atoms with Crippen LogP contribution in [0, 0.1) is 0 Å². The molecular formula is C21H25N3O5.